The van der Waals surface area contributed by atoms with E-state index in [1.54, 1.807) is 6.07 Å². The molecule has 13 heteroatoms. The number of nitriles is 1. The number of esters is 1. The minimum absolute atomic E-state index is 0.0699. The van der Waals surface area contributed by atoms with Crippen LogP contribution in [0.25, 0.3) is 6.08 Å². The van der Waals surface area contributed by atoms with Gasteiger partial charge in [0, 0.05) is 11.5 Å². The van der Waals surface area contributed by atoms with Crippen molar-refractivity contribution in [1.82, 2.24) is 9.36 Å². The molecule has 0 aliphatic carbocycles. The van der Waals surface area contributed by atoms with Crippen LogP contribution >= 0.6 is 11.5 Å². The lowest BCUT2D eigenvalue weighted by atomic mass is 10.1. The molecule has 0 saturated heterocycles. The van der Waals surface area contributed by atoms with Crippen molar-refractivity contribution in [2.45, 2.75) is 12.1 Å². The summed E-state index contributed by atoms with van der Waals surface area (Å²) in [7, 11) is -2.30. The molecule has 0 unspecified atom stereocenters. The van der Waals surface area contributed by atoms with Gasteiger partial charge in [-0.3, -0.25) is 10.1 Å². The molecule has 0 aliphatic heterocycles. The minimum atomic E-state index is -3.64. The molecular weight excluding hydrogens is 499 g/mol. The highest BCUT2D eigenvalue weighted by molar-refractivity contribution is 7.91. The summed E-state index contributed by atoms with van der Waals surface area (Å²) < 4.78 is 51.0. The van der Waals surface area contributed by atoms with Crippen molar-refractivity contribution in [2.75, 3.05) is 18.2 Å². The predicted molar refractivity (Wildman–Crippen MR) is 124 cm³/mol. The lowest BCUT2D eigenvalue weighted by Crippen LogP contribution is -2.14. The average Bonchev–Trinajstić information content (AvgIpc) is 3.32. The van der Waals surface area contributed by atoms with Crippen LogP contribution in [0, 0.1) is 17.1 Å². The van der Waals surface area contributed by atoms with Crippen molar-refractivity contribution in [3.8, 4) is 17.6 Å². The number of hydrogen-bond acceptors (Lipinski definition) is 10. The largest absolute Gasteiger partial charge is 0.493 e. The number of sulfone groups is 1. The second kappa shape index (κ2) is 10.9. The van der Waals surface area contributed by atoms with Gasteiger partial charge in [-0.15, -0.1) is 0 Å². The van der Waals surface area contributed by atoms with Crippen LogP contribution < -0.4 is 14.8 Å². The van der Waals surface area contributed by atoms with Crippen molar-refractivity contribution < 1.29 is 31.9 Å². The highest BCUT2D eigenvalue weighted by atomic mass is 32.2. The molecule has 0 fully saturated rings. The van der Waals surface area contributed by atoms with E-state index in [9.17, 15) is 27.7 Å². The van der Waals surface area contributed by atoms with Crippen LogP contribution in [0.2, 0.25) is 0 Å². The number of ether oxygens (including phenoxy) is 2. The Morgan fingerprint density at radius 2 is 1.91 bits per heavy atom. The van der Waals surface area contributed by atoms with E-state index in [0.717, 1.165) is 12.1 Å². The molecule has 180 valence electrons. The monoisotopic (exact) mass is 516 g/mol. The van der Waals surface area contributed by atoms with Gasteiger partial charge in [-0.25, -0.2) is 17.6 Å². The zero-order chi connectivity index (χ0) is 25.6. The zero-order valence-electron chi connectivity index (χ0n) is 18.3. The molecule has 1 N–H and O–H groups in total. The summed E-state index contributed by atoms with van der Waals surface area (Å²) in [6.07, 6.45) is 1.26. The highest BCUT2D eigenvalue weighted by Crippen LogP contribution is 2.30. The molecule has 0 spiro atoms. The first kappa shape index (κ1) is 25.5. The van der Waals surface area contributed by atoms with E-state index in [-0.39, 0.29) is 33.5 Å². The number of carbonyl (C=O) groups is 2. The Morgan fingerprint density at radius 3 is 2.54 bits per heavy atom. The van der Waals surface area contributed by atoms with Crippen LogP contribution in [0.15, 0.2) is 53.2 Å². The SMILES string of the molecule is CCS(=O)(=O)c1nsc(NC(=O)C(C#N)=Cc2ccc(OC(=O)c3ccc(F)cc3)c(OC)c2)n1. The number of rotatable bonds is 8. The van der Waals surface area contributed by atoms with Gasteiger partial charge in [0.05, 0.1) is 18.4 Å². The van der Waals surface area contributed by atoms with E-state index < -0.39 is 32.7 Å². The molecule has 3 rings (SSSR count). The third kappa shape index (κ3) is 6.25. The lowest BCUT2D eigenvalue weighted by Gasteiger charge is -2.10. The Labute approximate surface area is 203 Å². The van der Waals surface area contributed by atoms with Gasteiger partial charge in [-0.05, 0) is 48.0 Å². The average molecular weight is 517 g/mol. The number of anilines is 1. The van der Waals surface area contributed by atoms with Crippen LogP contribution in [-0.4, -0.2) is 42.5 Å². The molecule has 10 nitrogen and oxygen atoms in total. The Balaban J connectivity index is 1.78. The molecule has 1 heterocycles. The van der Waals surface area contributed by atoms with Gasteiger partial charge < -0.3 is 9.47 Å². The van der Waals surface area contributed by atoms with Crippen LogP contribution in [0.4, 0.5) is 9.52 Å². The summed E-state index contributed by atoms with van der Waals surface area (Å²) in [6.45, 7) is 1.44. The summed E-state index contributed by atoms with van der Waals surface area (Å²) >= 11 is 0.669. The second-order valence-electron chi connectivity index (χ2n) is 6.72. The van der Waals surface area contributed by atoms with E-state index in [1.165, 1.54) is 50.4 Å². The molecule has 0 bridgehead atoms. The molecular formula is C22H17FN4O6S2. The van der Waals surface area contributed by atoms with Crippen LogP contribution in [0.3, 0.4) is 0 Å². The smallest absolute Gasteiger partial charge is 0.343 e. The number of methoxy groups -OCH3 is 1. The molecule has 0 aliphatic rings. The normalized spacial score (nSPS) is 11.4. The van der Waals surface area contributed by atoms with Gasteiger partial charge in [-0.2, -0.15) is 14.6 Å². The van der Waals surface area contributed by atoms with Gasteiger partial charge in [0.15, 0.2) is 11.5 Å². The van der Waals surface area contributed by atoms with E-state index >= 15 is 0 Å². The summed E-state index contributed by atoms with van der Waals surface area (Å²) in [6, 6.07) is 10.9. The van der Waals surface area contributed by atoms with Gasteiger partial charge >= 0.3 is 5.97 Å². The van der Waals surface area contributed by atoms with Crippen LogP contribution in [0.1, 0.15) is 22.8 Å². The predicted octanol–water partition coefficient (Wildman–Crippen LogP) is 3.24. The maximum absolute atomic E-state index is 13.1. The Morgan fingerprint density at radius 1 is 1.20 bits per heavy atom. The quantitative estimate of drug-likeness (QED) is 0.206. The fourth-order valence-electron chi connectivity index (χ4n) is 2.60. The minimum Gasteiger partial charge on any atom is -0.493 e. The summed E-state index contributed by atoms with van der Waals surface area (Å²) in [5.74, 6) is -2.03. The number of nitrogens with zero attached hydrogens (tertiary/aromatic N) is 3. The topological polar surface area (TPSA) is 148 Å². The fraction of sp³-hybridized carbons (Fsp3) is 0.136. The number of halogens is 1. The molecule has 2 aromatic carbocycles. The van der Waals surface area contributed by atoms with E-state index in [1.807, 2.05) is 0 Å². The number of nitrogens with one attached hydrogen (secondary N) is 1. The second-order valence-corrected chi connectivity index (χ2v) is 9.64. The first-order valence-corrected chi connectivity index (χ1v) is 12.2. The van der Waals surface area contributed by atoms with Crippen molar-refractivity contribution in [3.05, 3.63) is 65.0 Å². The van der Waals surface area contributed by atoms with E-state index in [0.29, 0.717) is 17.1 Å². The third-order valence-corrected chi connectivity index (χ3v) is 6.68. The fourth-order valence-corrected chi connectivity index (χ4v) is 4.18. The first-order valence-electron chi connectivity index (χ1n) is 9.82. The summed E-state index contributed by atoms with van der Waals surface area (Å²) in [4.78, 5) is 28.6. The molecule has 0 saturated carbocycles. The highest BCUT2D eigenvalue weighted by Gasteiger charge is 2.20. The Hall–Kier alpha value is -4.15. The molecule has 1 aromatic heterocycles. The number of carbonyl (C=O) groups excluding carboxylic acids is 2. The van der Waals surface area contributed by atoms with Crippen molar-refractivity contribution in [3.63, 3.8) is 0 Å². The van der Waals surface area contributed by atoms with Gasteiger partial charge in [-0.1, -0.05) is 13.0 Å². The molecule has 3 aromatic rings. The maximum Gasteiger partial charge on any atom is 0.343 e. The van der Waals surface area contributed by atoms with Gasteiger partial charge in [0.25, 0.3) is 11.1 Å². The number of aromatic nitrogens is 2. The summed E-state index contributed by atoms with van der Waals surface area (Å²) in [5.41, 5.74) is 0.201. The number of amides is 1. The van der Waals surface area contributed by atoms with Crippen molar-refractivity contribution >= 4 is 44.5 Å². The van der Waals surface area contributed by atoms with Gasteiger partial charge in [0.2, 0.25) is 15.0 Å². The van der Waals surface area contributed by atoms with Crippen molar-refractivity contribution in [2.24, 2.45) is 0 Å². The number of hydrogen-bond donors (Lipinski definition) is 1. The Bertz CT molecular complexity index is 1440. The number of benzene rings is 2. The molecule has 1 amide bonds. The lowest BCUT2D eigenvalue weighted by molar-refractivity contribution is -0.112. The maximum atomic E-state index is 13.1. The van der Waals surface area contributed by atoms with E-state index in [2.05, 4.69) is 14.7 Å². The molecule has 0 radical (unpaired) electrons. The first-order chi connectivity index (χ1) is 16.7. The van der Waals surface area contributed by atoms with Crippen molar-refractivity contribution in [1.29, 1.82) is 5.26 Å². The molecule has 0 atom stereocenters. The van der Waals surface area contributed by atoms with E-state index in [4.69, 9.17) is 9.47 Å². The Kier molecular flexibility index (Phi) is 7.90. The molecule has 35 heavy (non-hydrogen) atoms. The van der Waals surface area contributed by atoms with Gasteiger partial charge in [0.1, 0.15) is 17.5 Å². The zero-order valence-corrected chi connectivity index (χ0v) is 19.9. The standard InChI is InChI=1S/C22H17FN4O6S2/c1-3-35(30,31)22-26-21(34-27-22)25-19(28)15(12-24)10-13-4-9-17(18(11-13)32-2)33-20(29)14-5-7-16(23)8-6-14/h4-11H,3H2,1-2H3,(H,25,26,27,28). The van der Waals surface area contributed by atoms with Crippen LogP contribution in [0.5, 0.6) is 11.5 Å². The summed E-state index contributed by atoms with van der Waals surface area (Å²) in [5, 5.41) is 11.3. The third-order valence-electron chi connectivity index (χ3n) is 4.43. The van der Waals surface area contributed by atoms with Crippen LogP contribution in [-0.2, 0) is 14.6 Å².